The van der Waals surface area contributed by atoms with E-state index >= 15 is 0 Å². The van der Waals surface area contributed by atoms with E-state index in [4.69, 9.17) is 0 Å². The van der Waals surface area contributed by atoms with Gasteiger partial charge in [-0.2, -0.15) is 4.68 Å². The SMILES string of the molecule is Cc1ccc(-n2nnnc2SCc2cccnc2)cc1. The molecule has 0 amide bonds. The highest BCUT2D eigenvalue weighted by atomic mass is 32.2. The number of tetrazole rings is 1. The van der Waals surface area contributed by atoms with Crippen LogP contribution in [0.4, 0.5) is 0 Å². The van der Waals surface area contributed by atoms with Crippen LogP contribution in [0.2, 0.25) is 0 Å². The van der Waals surface area contributed by atoms with Crippen molar-refractivity contribution in [3.05, 3.63) is 59.9 Å². The molecule has 3 rings (SSSR count). The third kappa shape index (κ3) is 2.85. The highest BCUT2D eigenvalue weighted by molar-refractivity contribution is 7.98. The number of aromatic nitrogens is 5. The standard InChI is InChI=1S/C14H13N5S/c1-11-4-6-13(7-5-11)19-14(16-17-18-19)20-10-12-3-2-8-15-9-12/h2-9H,10H2,1H3. The van der Waals surface area contributed by atoms with E-state index in [1.807, 2.05) is 42.6 Å². The van der Waals surface area contributed by atoms with Crippen molar-refractivity contribution < 1.29 is 0 Å². The molecule has 0 N–H and O–H groups in total. The second-order valence-electron chi connectivity index (χ2n) is 4.36. The molecule has 0 spiro atoms. The molecule has 3 aromatic rings. The van der Waals surface area contributed by atoms with Gasteiger partial charge in [0.2, 0.25) is 5.16 Å². The Labute approximate surface area is 121 Å². The first-order valence-electron chi connectivity index (χ1n) is 6.20. The van der Waals surface area contributed by atoms with Gasteiger partial charge in [-0.15, -0.1) is 5.10 Å². The van der Waals surface area contributed by atoms with Crippen molar-refractivity contribution in [1.82, 2.24) is 25.2 Å². The second kappa shape index (κ2) is 5.83. The van der Waals surface area contributed by atoms with Crippen molar-refractivity contribution >= 4 is 11.8 Å². The summed E-state index contributed by atoms with van der Waals surface area (Å²) in [4.78, 5) is 4.10. The van der Waals surface area contributed by atoms with Crippen LogP contribution in [0.5, 0.6) is 0 Å². The minimum atomic E-state index is 0.776. The number of aryl methyl sites for hydroxylation is 1. The Balaban J connectivity index is 1.78. The quantitative estimate of drug-likeness (QED) is 0.689. The number of pyridine rings is 1. The third-order valence-corrected chi connectivity index (χ3v) is 3.80. The van der Waals surface area contributed by atoms with E-state index in [1.165, 1.54) is 5.56 Å². The summed E-state index contributed by atoms with van der Waals surface area (Å²) in [5, 5.41) is 12.7. The Morgan fingerprint density at radius 2 is 2.00 bits per heavy atom. The van der Waals surface area contributed by atoms with Gasteiger partial charge in [-0.25, -0.2) is 0 Å². The summed E-state index contributed by atoms with van der Waals surface area (Å²) in [6, 6.07) is 12.1. The Morgan fingerprint density at radius 1 is 1.15 bits per heavy atom. The molecule has 0 atom stereocenters. The molecule has 20 heavy (non-hydrogen) atoms. The van der Waals surface area contributed by atoms with E-state index < -0.39 is 0 Å². The van der Waals surface area contributed by atoms with Crippen LogP contribution in [0.1, 0.15) is 11.1 Å². The Bertz CT molecular complexity index is 678. The van der Waals surface area contributed by atoms with E-state index in [-0.39, 0.29) is 0 Å². The highest BCUT2D eigenvalue weighted by Gasteiger charge is 2.08. The topological polar surface area (TPSA) is 56.5 Å². The normalized spacial score (nSPS) is 10.7. The summed E-state index contributed by atoms with van der Waals surface area (Å²) in [7, 11) is 0. The van der Waals surface area contributed by atoms with Crippen molar-refractivity contribution in [3.8, 4) is 5.69 Å². The minimum absolute atomic E-state index is 0.776. The lowest BCUT2D eigenvalue weighted by molar-refractivity contribution is 0.756. The molecular formula is C14H13N5S. The molecular weight excluding hydrogens is 270 g/mol. The lowest BCUT2D eigenvalue weighted by Crippen LogP contribution is -1.99. The van der Waals surface area contributed by atoms with Gasteiger partial charge in [-0.3, -0.25) is 4.98 Å². The molecule has 0 aliphatic carbocycles. The number of hydrogen-bond acceptors (Lipinski definition) is 5. The molecule has 0 saturated carbocycles. The van der Waals surface area contributed by atoms with E-state index in [1.54, 1.807) is 22.6 Å². The number of rotatable bonds is 4. The van der Waals surface area contributed by atoms with Gasteiger partial charge >= 0.3 is 0 Å². The van der Waals surface area contributed by atoms with Gasteiger partial charge in [0.1, 0.15) is 0 Å². The van der Waals surface area contributed by atoms with Crippen molar-refractivity contribution in [1.29, 1.82) is 0 Å². The fourth-order valence-electron chi connectivity index (χ4n) is 1.75. The lowest BCUT2D eigenvalue weighted by Gasteiger charge is -2.04. The van der Waals surface area contributed by atoms with Crippen LogP contribution in [0, 0.1) is 6.92 Å². The molecule has 0 unspecified atom stereocenters. The smallest absolute Gasteiger partial charge is 0.214 e. The summed E-state index contributed by atoms with van der Waals surface area (Å²) in [6.45, 7) is 2.06. The summed E-state index contributed by atoms with van der Waals surface area (Å²) in [5.74, 6) is 0.792. The van der Waals surface area contributed by atoms with Crippen molar-refractivity contribution in [2.24, 2.45) is 0 Å². The van der Waals surface area contributed by atoms with Gasteiger partial charge in [-0.1, -0.05) is 35.5 Å². The van der Waals surface area contributed by atoms with Crippen molar-refractivity contribution in [2.75, 3.05) is 0 Å². The lowest BCUT2D eigenvalue weighted by atomic mass is 10.2. The highest BCUT2D eigenvalue weighted by Crippen LogP contribution is 2.22. The van der Waals surface area contributed by atoms with Crippen LogP contribution in [0.25, 0.3) is 5.69 Å². The largest absolute Gasteiger partial charge is 0.264 e. The molecule has 1 aromatic carbocycles. The van der Waals surface area contributed by atoms with Gasteiger partial charge < -0.3 is 0 Å². The molecule has 0 bridgehead atoms. The number of benzene rings is 1. The molecule has 5 nitrogen and oxygen atoms in total. The van der Waals surface area contributed by atoms with Gasteiger partial charge in [0.25, 0.3) is 0 Å². The maximum absolute atomic E-state index is 4.10. The predicted molar refractivity (Wildman–Crippen MR) is 77.7 cm³/mol. The second-order valence-corrected chi connectivity index (χ2v) is 5.30. The molecule has 0 aliphatic rings. The van der Waals surface area contributed by atoms with Gasteiger partial charge in [0.05, 0.1) is 5.69 Å². The van der Waals surface area contributed by atoms with Crippen LogP contribution < -0.4 is 0 Å². The number of thioether (sulfide) groups is 1. The zero-order valence-corrected chi connectivity index (χ0v) is 11.8. The summed E-state index contributed by atoms with van der Waals surface area (Å²) < 4.78 is 1.75. The van der Waals surface area contributed by atoms with Crippen LogP contribution in [0.15, 0.2) is 53.9 Å². The first kappa shape index (κ1) is 12.8. The zero-order chi connectivity index (χ0) is 13.8. The summed E-state index contributed by atoms with van der Waals surface area (Å²) in [5.41, 5.74) is 3.33. The fraction of sp³-hybridized carbons (Fsp3) is 0.143. The molecule has 6 heteroatoms. The fourth-order valence-corrected chi connectivity index (χ4v) is 2.57. The first-order valence-corrected chi connectivity index (χ1v) is 7.18. The third-order valence-electron chi connectivity index (χ3n) is 2.81. The van der Waals surface area contributed by atoms with E-state index in [0.717, 1.165) is 22.2 Å². The van der Waals surface area contributed by atoms with Crippen molar-refractivity contribution in [3.63, 3.8) is 0 Å². The van der Waals surface area contributed by atoms with Gasteiger partial charge in [0, 0.05) is 18.1 Å². The average molecular weight is 283 g/mol. The van der Waals surface area contributed by atoms with Crippen LogP contribution in [0.3, 0.4) is 0 Å². The van der Waals surface area contributed by atoms with Gasteiger partial charge in [-0.05, 0) is 41.1 Å². The van der Waals surface area contributed by atoms with E-state index in [0.29, 0.717) is 0 Å². The molecule has 0 fully saturated rings. The number of hydrogen-bond donors (Lipinski definition) is 0. The zero-order valence-electron chi connectivity index (χ0n) is 11.0. The van der Waals surface area contributed by atoms with Crippen LogP contribution in [-0.2, 0) is 5.75 Å². The molecule has 2 aromatic heterocycles. The van der Waals surface area contributed by atoms with Crippen LogP contribution in [-0.4, -0.2) is 25.2 Å². The van der Waals surface area contributed by atoms with Gasteiger partial charge in [0.15, 0.2) is 0 Å². The monoisotopic (exact) mass is 283 g/mol. The average Bonchev–Trinajstić information content (AvgIpc) is 2.95. The maximum Gasteiger partial charge on any atom is 0.214 e. The molecule has 0 saturated heterocycles. The minimum Gasteiger partial charge on any atom is -0.264 e. The first-order chi connectivity index (χ1) is 9.83. The molecule has 0 aliphatic heterocycles. The predicted octanol–water partition coefficient (Wildman–Crippen LogP) is 2.66. The molecule has 100 valence electrons. The Hall–Kier alpha value is -2.21. The molecule has 2 heterocycles. The van der Waals surface area contributed by atoms with E-state index in [9.17, 15) is 0 Å². The maximum atomic E-state index is 4.10. The Kier molecular flexibility index (Phi) is 3.73. The summed E-state index contributed by atoms with van der Waals surface area (Å²) >= 11 is 1.59. The Morgan fingerprint density at radius 3 is 2.75 bits per heavy atom. The summed E-state index contributed by atoms with van der Waals surface area (Å²) in [6.07, 6.45) is 3.62. The van der Waals surface area contributed by atoms with E-state index in [2.05, 4.69) is 27.4 Å². The van der Waals surface area contributed by atoms with Crippen molar-refractivity contribution in [2.45, 2.75) is 17.8 Å². The number of nitrogens with zero attached hydrogens (tertiary/aromatic N) is 5. The van der Waals surface area contributed by atoms with Crippen LogP contribution >= 0.6 is 11.8 Å². The molecule has 0 radical (unpaired) electrons.